The summed E-state index contributed by atoms with van der Waals surface area (Å²) in [5.74, 6) is 0. The lowest BCUT2D eigenvalue weighted by atomic mass is 10.1. The normalized spacial score (nSPS) is 14.2. The Balaban J connectivity index is 4.51. The van der Waals surface area contributed by atoms with Crippen LogP contribution < -0.4 is 5.32 Å². The molecule has 0 bridgehead atoms. The van der Waals surface area contributed by atoms with Crippen LogP contribution in [0.1, 0.15) is 233 Å². The average molecular weight is 911 g/mol. The van der Waals surface area contributed by atoms with Gasteiger partial charge in [-0.15, -0.1) is 0 Å². The topological polar surface area (TPSA) is 79.2 Å². The summed E-state index contributed by atoms with van der Waals surface area (Å²) in [7, 11) is 2.15. The van der Waals surface area contributed by atoms with Crippen molar-refractivity contribution in [3.05, 3.63) is 72.9 Å². The minimum Gasteiger partial charge on any atom is -0.392 e. The standard InChI is InChI=1S/C59H111N3O3/c1-5-8-11-14-17-20-23-26-29-32-35-38-41-44-47-57(63)54-60-50-51-61(4)52-53-62(55-58(64)48-45-42-39-36-33-30-27-24-21-18-15-12-9-6-2)56-59(65)49-46-43-40-37-34-31-28-25-22-19-16-13-10-7-3/h20-25,29-34,57-60,63-65H,5-19,26-28,35-56H2,1-4H3/b23-20-,24-21-,25-22-,32-29-,33-30-,34-31-. The zero-order valence-corrected chi connectivity index (χ0v) is 43.7. The monoisotopic (exact) mass is 910 g/mol. The van der Waals surface area contributed by atoms with Gasteiger partial charge in [-0.3, -0.25) is 4.90 Å². The van der Waals surface area contributed by atoms with Crippen LogP contribution in [0.5, 0.6) is 0 Å². The van der Waals surface area contributed by atoms with E-state index in [0.29, 0.717) is 19.6 Å². The maximum atomic E-state index is 11.1. The molecule has 0 rings (SSSR count). The van der Waals surface area contributed by atoms with E-state index in [-0.39, 0.29) is 18.3 Å². The summed E-state index contributed by atoms with van der Waals surface area (Å²) >= 11 is 0. The molecule has 0 radical (unpaired) electrons. The van der Waals surface area contributed by atoms with E-state index in [9.17, 15) is 15.3 Å². The fourth-order valence-electron chi connectivity index (χ4n) is 8.14. The number of nitrogens with zero attached hydrogens (tertiary/aromatic N) is 2. The summed E-state index contributed by atoms with van der Waals surface area (Å²) in [6, 6.07) is 0. The molecule has 3 unspecified atom stereocenters. The minimum absolute atomic E-state index is 0.293. The fraction of sp³-hybridized carbons (Fsp3) is 0.797. The third-order valence-corrected chi connectivity index (χ3v) is 12.5. The van der Waals surface area contributed by atoms with Crippen LogP contribution in [-0.2, 0) is 0 Å². The van der Waals surface area contributed by atoms with Crippen LogP contribution in [0.25, 0.3) is 0 Å². The number of unbranched alkanes of at least 4 members (excludes halogenated alkanes) is 21. The molecule has 0 spiro atoms. The van der Waals surface area contributed by atoms with Crippen LogP contribution in [0.2, 0.25) is 0 Å². The van der Waals surface area contributed by atoms with E-state index in [1.165, 1.54) is 122 Å². The van der Waals surface area contributed by atoms with Crippen LogP contribution in [0.15, 0.2) is 72.9 Å². The van der Waals surface area contributed by atoms with Gasteiger partial charge in [0.05, 0.1) is 18.3 Å². The van der Waals surface area contributed by atoms with E-state index >= 15 is 0 Å². The van der Waals surface area contributed by atoms with Crippen molar-refractivity contribution in [2.45, 2.75) is 251 Å². The molecular weight excluding hydrogens is 799 g/mol. The molecule has 65 heavy (non-hydrogen) atoms. The van der Waals surface area contributed by atoms with E-state index in [4.69, 9.17) is 0 Å². The smallest absolute Gasteiger partial charge is 0.0667 e. The Hall–Kier alpha value is -1.80. The number of hydrogen-bond acceptors (Lipinski definition) is 6. The van der Waals surface area contributed by atoms with Crippen LogP contribution >= 0.6 is 0 Å². The maximum Gasteiger partial charge on any atom is 0.0667 e. The molecule has 4 N–H and O–H groups in total. The van der Waals surface area contributed by atoms with E-state index in [1.807, 2.05) is 0 Å². The van der Waals surface area contributed by atoms with Crippen molar-refractivity contribution in [1.82, 2.24) is 15.1 Å². The van der Waals surface area contributed by atoms with E-state index in [2.05, 4.69) is 116 Å². The van der Waals surface area contributed by atoms with Crippen molar-refractivity contribution in [2.75, 3.05) is 52.9 Å². The summed E-state index contributed by atoms with van der Waals surface area (Å²) in [6.45, 7) is 12.1. The van der Waals surface area contributed by atoms with Gasteiger partial charge in [0.1, 0.15) is 0 Å². The lowest BCUT2D eigenvalue weighted by molar-refractivity contribution is 0.0564. The number of aliphatic hydroxyl groups excluding tert-OH is 3. The highest BCUT2D eigenvalue weighted by molar-refractivity contribution is 4.94. The summed E-state index contributed by atoms with van der Waals surface area (Å²) in [6.07, 6.45) is 65.4. The van der Waals surface area contributed by atoms with Crippen molar-refractivity contribution >= 4 is 0 Å². The third kappa shape index (κ3) is 51.4. The largest absolute Gasteiger partial charge is 0.392 e. The van der Waals surface area contributed by atoms with Crippen molar-refractivity contribution in [1.29, 1.82) is 0 Å². The first-order valence-corrected chi connectivity index (χ1v) is 28.0. The molecule has 0 heterocycles. The lowest BCUT2D eigenvalue weighted by Gasteiger charge is -2.29. The van der Waals surface area contributed by atoms with Gasteiger partial charge in [0, 0.05) is 45.8 Å². The third-order valence-electron chi connectivity index (χ3n) is 12.5. The second-order valence-corrected chi connectivity index (χ2v) is 19.2. The molecule has 6 heteroatoms. The molecular formula is C59H111N3O3. The Labute approximate surface area is 405 Å². The maximum absolute atomic E-state index is 11.1. The lowest BCUT2D eigenvalue weighted by Crippen LogP contribution is -2.43. The van der Waals surface area contributed by atoms with Gasteiger partial charge in [0.2, 0.25) is 0 Å². The molecule has 0 aromatic rings. The second-order valence-electron chi connectivity index (χ2n) is 19.2. The van der Waals surface area contributed by atoms with Crippen LogP contribution in [0.3, 0.4) is 0 Å². The Bertz CT molecular complexity index is 1060. The number of aliphatic hydroxyl groups is 3. The Morgan fingerprint density at radius 3 is 1.03 bits per heavy atom. The number of rotatable bonds is 51. The highest BCUT2D eigenvalue weighted by Crippen LogP contribution is 2.13. The molecule has 0 amide bonds. The molecule has 0 saturated heterocycles. The van der Waals surface area contributed by atoms with E-state index in [1.54, 1.807) is 0 Å². The quantitative estimate of drug-likeness (QED) is 0.0360. The van der Waals surface area contributed by atoms with Crippen molar-refractivity contribution in [3.8, 4) is 0 Å². The van der Waals surface area contributed by atoms with Gasteiger partial charge in [-0.25, -0.2) is 0 Å². The summed E-state index contributed by atoms with van der Waals surface area (Å²) in [4.78, 5) is 4.63. The van der Waals surface area contributed by atoms with Crippen LogP contribution in [0, 0.1) is 0 Å². The van der Waals surface area contributed by atoms with Gasteiger partial charge < -0.3 is 25.5 Å². The molecule has 3 atom stereocenters. The molecule has 0 saturated carbocycles. The highest BCUT2D eigenvalue weighted by atomic mass is 16.3. The predicted molar refractivity (Wildman–Crippen MR) is 289 cm³/mol. The van der Waals surface area contributed by atoms with Crippen molar-refractivity contribution < 1.29 is 15.3 Å². The number of nitrogens with one attached hydrogen (secondary N) is 1. The molecule has 0 fully saturated rings. The fourth-order valence-corrected chi connectivity index (χ4v) is 8.14. The zero-order chi connectivity index (χ0) is 47.4. The number of allylic oxidation sites excluding steroid dienone is 12. The van der Waals surface area contributed by atoms with Crippen LogP contribution in [-0.4, -0.2) is 96.3 Å². The molecule has 0 aliphatic carbocycles. The van der Waals surface area contributed by atoms with Gasteiger partial charge in [-0.1, -0.05) is 190 Å². The van der Waals surface area contributed by atoms with Gasteiger partial charge in [-0.2, -0.15) is 0 Å². The summed E-state index contributed by atoms with van der Waals surface area (Å²) in [5, 5.41) is 36.2. The Morgan fingerprint density at radius 1 is 0.369 bits per heavy atom. The number of likely N-dealkylation sites (N-methyl/N-ethyl adjacent to an activating group) is 1. The molecule has 0 aliphatic rings. The first-order chi connectivity index (χ1) is 31.9. The van der Waals surface area contributed by atoms with E-state index in [0.717, 1.165) is 116 Å². The van der Waals surface area contributed by atoms with Crippen molar-refractivity contribution in [2.24, 2.45) is 0 Å². The molecule has 0 aromatic carbocycles. The highest BCUT2D eigenvalue weighted by Gasteiger charge is 2.17. The molecule has 6 nitrogen and oxygen atoms in total. The minimum atomic E-state index is -0.370. The predicted octanol–water partition coefficient (Wildman–Crippen LogP) is 15.2. The van der Waals surface area contributed by atoms with Gasteiger partial charge in [0.25, 0.3) is 0 Å². The number of hydrogen-bond donors (Lipinski definition) is 4. The summed E-state index contributed by atoms with van der Waals surface area (Å²) < 4.78 is 0. The molecule has 0 aromatic heterocycles. The Morgan fingerprint density at radius 2 is 0.692 bits per heavy atom. The zero-order valence-electron chi connectivity index (χ0n) is 43.7. The molecule has 0 aliphatic heterocycles. The average Bonchev–Trinajstić information content (AvgIpc) is 3.29. The first-order valence-electron chi connectivity index (χ1n) is 28.0. The SMILES string of the molecule is CCCCCC/C=C\C/C=C\CCCCCC(O)CNCCN(C)CCN(CC(O)CCCCC/C=C\C/C=C\CCCCCC)CC(O)CCCCC/C=C\C/C=C\CCCCCC. The molecule has 380 valence electrons. The Kier molecular flexibility index (Phi) is 51.7. The van der Waals surface area contributed by atoms with Crippen LogP contribution in [0.4, 0.5) is 0 Å². The second kappa shape index (κ2) is 53.2. The van der Waals surface area contributed by atoms with Gasteiger partial charge in [-0.05, 0) is 123 Å². The summed E-state index contributed by atoms with van der Waals surface area (Å²) in [5.41, 5.74) is 0. The van der Waals surface area contributed by atoms with Gasteiger partial charge >= 0.3 is 0 Å². The van der Waals surface area contributed by atoms with Crippen molar-refractivity contribution in [3.63, 3.8) is 0 Å². The van der Waals surface area contributed by atoms with Gasteiger partial charge in [0.15, 0.2) is 0 Å². The first kappa shape index (κ1) is 63.2. The van der Waals surface area contributed by atoms with E-state index < -0.39 is 0 Å².